The lowest BCUT2D eigenvalue weighted by Gasteiger charge is -2.25. The quantitative estimate of drug-likeness (QED) is 0.885. The van der Waals surface area contributed by atoms with Crippen LogP contribution >= 0.6 is 0 Å². The topological polar surface area (TPSA) is 71.2 Å². The molecule has 2 rings (SSSR count). The summed E-state index contributed by atoms with van der Waals surface area (Å²) in [5.74, 6) is 0.235. The van der Waals surface area contributed by atoms with Gasteiger partial charge in [-0.05, 0) is 31.0 Å². The van der Waals surface area contributed by atoms with E-state index in [-0.39, 0.29) is 24.2 Å². The van der Waals surface area contributed by atoms with Crippen molar-refractivity contribution in [3.8, 4) is 5.75 Å². The summed E-state index contributed by atoms with van der Waals surface area (Å²) < 4.78 is 1.51. The lowest BCUT2D eigenvalue weighted by Crippen LogP contribution is -2.38. The van der Waals surface area contributed by atoms with Crippen molar-refractivity contribution in [3.63, 3.8) is 0 Å². The van der Waals surface area contributed by atoms with Crippen LogP contribution in [0.15, 0.2) is 36.7 Å². The van der Waals surface area contributed by atoms with Crippen molar-refractivity contribution in [2.45, 2.75) is 25.9 Å². The van der Waals surface area contributed by atoms with Gasteiger partial charge in [0, 0.05) is 19.3 Å². The maximum absolute atomic E-state index is 12.1. The van der Waals surface area contributed by atoms with Crippen molar-refractivity contribution in [3.05, 3.63) is 42.2 Å². The molecule has 0 saturated heterocycles. The molecule has 1 atom stereocenters. The van der Waals surface area contributed by atoms with Crippen LogP contribution in [0.5, 0.6) is 5.75 Å². The van der Waals surface area contributed by atoms with E-state index >= 15 is 0 Å². The second-order valence-electron chi connectivity index (χ2n) is 4.82. The van der Waals surface area contributed by atoms with Gasteiger partial charge in [-0.15, -0.1) is 5.10 Å². The van der Waals surface area contributed by atoms with Crippen LogP contribution in [0.1, 0.15) is 12.5 Å². The number of aromatic hydroxyl groups is 1. The monoisotopic (exact) mass is 274 g/mol. The molecule has 1 heterocycles. The molecular formula is C14H18N4O2. The normalized spacial score (nSPS) is 12.1. The Kier molecular flexibility index (Phi) is 4.34. The summed E-state index contributed by atoms with van der Waals surface area (Å²) in [6, 6.07) is 7.09. The first kappa shape index (κ1) is 14.0. The highest BCUT2D eigenvalue weighted by molar-refractivity contribution is 5.75. The molecule has 0 bridgehead atoms. The lowest BCUT2D eigenvalue weighted by atomic mass is 10.1. The number of carbonyl (C=O) groups excluding carboxylic acids is 1. The first-order valence-electron chi connectivity index (χ1n) is 6.44. The van der Waals surface area contributed by atoms with Crippen LogP contribution in [-0.2, 0) is 17.8 Å². The summed E-state index contributed by atoms with van der Waals surface area (Å²) in [6.07, 6.45) is 3.95. The Hall–Kier alpha value is -2.37. The molecule has 1 amide bonds. The van der Waals surface area contributed by atoms with Crippen molar-refractivity contribution in [2.75, 3.05) is 7.05 Å². The Morgan fingerprint density at radius 1 is 1.40 bits per heavy atom. The van der Waals surface area contributed by atoms with Crippen molar-refractivity contribution in [1.82, 2.24) is 19.9 Å². The zero-order chi connectivity index (χ0) is 14.5. The predicted octanol–water partition coefficient (Wildman–Crippen LogP) is 1.07. The molecule has 1 aromatic heterocycles. The van der Waals surface area contributed by atoms with Crippen LogP contribution < -0.4 is 0 Å². The number of hydrogen-bond donors (Lipinski definition) is 1. The highest BCUT2D eigenvalue weighted by Gasteiger charge is 2.16. The first-order valence-corrected chi connectivity index (χ1v) is 6.44. The molecule has 106 valence electrons. The summed E-state index contributed by atoms with van der Waals surface area (Å²) in [5, 5.41) is 16.7. The van der Waals surface area contributed by atoms with Gasteiger partial charge in [0.15, 0.2) is 0 Å². The van der Waals surface area contributed by atoms with Crippen LogP contribution in [-0.4, -0.2) is 44.0 Å². The summed E-state index contributed by atoms with van der Waals surface area (Å²) in [4.78, 5) is 13.8. The molecule has 0 aliphatic rings. The van der Waals surface area contributed by atoms with Gasteiger partial charge in [-0.1, -0.05) is 17.3 Å². The third-order valence-electron chi connectivity index (χ3n) is 3.29. The Labute approximate surface area is 117 Å². The highest BCUT2D eigenvalue weighted by Crippen LogP contribution is 2.13. The van der Waals surface area contributed by atoms with Crippen molar-refractivity contribution >= 4 is 5.91 Å². The fourth-order valence-corrected chi connectivity index (χ4v) is 1.92. The van der Waals surface area contributed by atoms with Gasteiger partial charge in [0.2, 0.25) is 5.91 Å². The Morgan fingerprint density at radius 2 is 2.10 bits per heavy atom. The van der Waals surface area contributed by atoms with E-state index in [0.29, 0.717) is 0 Å². The minimum absolute atomic E-state index is 0.0122. The molecule has 0 saturated carbocycles. The average Bonchev–Trinajstić information content (AvgIpc) is 2.93. The number of benzene rings is 1. The standard InChI is InChI=1S/C14H18N4O2/c1-11(9-12-3-5-13(19)6-4-12)17(2)14(20)10-18-8-7-15-16-18/h3-8,11,19H,9-10H2,1-2H3. The molecule has 2 aromatic rings. The van der Waals surface area contributed by atoms with E-state index < -0.39 is 0 Å². The molecule has 0 aliphatic heterocycles. The fourth-order valence-electron chi connectivity index (χ4n) is 1.92. The number of likely N-dealkylation sites (N-methyl/N-ethyl adjacent to an activating group) is 1. The van der Waals surface area contributed by atoms with E-state index in [4.69, 9.17) is 0 Å². The molecule has 0 radical (unpaired) electrons. The van der Waals surface area contributed by atoms with Gasteiger partial charge >= 0.3 is 0 Å². The molecule has 0 spiro atoms. The van der Waals surface area contributed by atoms with Gasteiger partial charge in [-0.3, -0.25) is 4.79 Å². The van der Waals surface area contributed by atoms with Gasteiger partial charge in [-0.2, -0.15) is 0 Å². The van der Waals surface area contributed by atoms with Gasteiger partial charge in [-0.25, -0.2) is 4.68 Å². The Morgan fingerprint density at radius 3 is 2.70 bits per heavy atom. The third kappa shape index (κ3) is 3.57. The summed E-state index contributed by atoms with van der Waals surface area (Å²) in [5.41, 5.74) is 1.08. The molecule has 1 N–H and O–H groups in total. The van der Waals surface area contributed by atoms with E-state index in [1.807, 2.05) is 19.1 Å². The summed E-state index contributed by atoms with van der Waals surface area (Å²) in [6.45, 7) is 2.18. The third-order valence-corrected chi connectivity index (χ3v) is 3.29. The largest absolute Gasteiger partial charge is 0.508 e. The van der Waals surface area contributed by atoms with Crippen molar-refractivity contribution in [1.29, 1.82) is 0 Å². The molecule has 1 aromatic carbocycles. The maximum Gasteiger partial charge on any atom is 0.244 e. The predicted molar refractivity (Wildman–Crippen MR) is 74.1 cm³/mol. The highest BCUT2D eigenvalue weighted by atomic mass is 16.3. The Balaban J connectivity index is 1.92. The van der Waals surface area contributed by atoms with Gasteiger partial charge in [0.25, 0.3) is 0 Å². The number of amides is 1. The first-order chi connectivity index (χ1) is 9.56. The van der Waals surface area contributed by atoms with E-state index in [2.05, 4.69) is 10.3 Å². The second kappa shape index (κ2) is 6.18. The number of hydrogen-bond acceptors (Lipinski definition) is 4. The summed E-state index contributed by atoms with van der Waals surface area (Å²) >= 11 is 0. The van der Waals surface area contributed by atoms with Gasteiger partial charge in [0.1, 0.15) is 12.3 Å². The molecule has 0 fully saturated rings. The van der Waals surface area contributed by atoms with Crippen LogP contribution in [0.3, 0.4) is 0 Å². The molecule has 0 aliphatic carbocycles. The molecule has 6 heteroatoms. The second-order valence-corrected chi connectivity index (χ2v) is 4.82. The van der Waals surface area contributed by atoms with Gasteiger partial charge < -0.3 is 10.0 Å². The minimum atomic E-state index is -0.0122. The van der Waals surface area contributed by atoms with Crippen molar-refractivity contribution in [2.24, 2.45) is 0 Å². The SMILES string of the molecule is CC(Cc1ccc(O)cc1)N(C)C(=O)Cn1ccnn1. The van der Waals surface area contributed by atoms with Gasteiger partial charge in [0.05, 0.1) is 6.20 Å². The summed E-state index contributed by atoms with van der Waals surface area (Å²) in [7, 11) is 1.78. The van der Waals surface area contributed by atoms with Crippen LogP contribution in [0.2, 0.25) is 0 Å². The number of nitrogens with zero attached hydrogens (tertiary/aromatic N) is 4. The molecule has 1 unspecified atom stereocenters. The zero-order valence-electron chi connectivity index (χ0n) is 11.6. The van der Waals surface area contributed by atoms with Crippen LogP contribution in [0.4, 0.5) is 0 Å². The smallest absolute Gasteiger partial charge is 0.244 e. The molecule has 20 heavy (non-hydrogen) atoms. The number of phenolic OH excluding ortho intramolecular Hbond substituents is 1. The fraction of sp³-hybridized carbons (Fsp3) is 0.357. The molecule has 6 nitrogen and oxygen atoms in total. The van der Waals surface area contributed by atoms with E-state index in [1.165, 1.54) is 4.68 Å². The van der Waals surface area contributed by atoms with Crippen molar-refractivity contribution < 1.29 is 9.90 Å². The van der Waals surface area contributed by atoms with E-state index in [0.717, 1.165) is 12.0 Å². The number of aromatic nitrogens is 3. The van der Waals surface area contributed by atoms with Crippen LogP contribution in [0, 0.1) is 0 Å². The van der Waals surface area contributed by atoms with Crippen LogP contribution in [0.25, 0.3) is 0 Å². The number of carbonyl (C=O) groups is 1. The number of rotatable bonds is 5. The average molecular weight is 274 g/mol. The zero-order valence-corrected chi connectivity index (χ0v) is 11.6. The molecular weight excluding hydrogens is 256 g/mol. The minimum Gasteiger partial charge on any atom is -0.508 e. The Bertz CT molecular complexity index is 551. The maximum atomic E-state index is 12.1. The van der Waals surface area contributed by atoms with E-state index in [9.17, 15) is 9.90 Å². The lowest BCUT2D eigenvalue weighted by molar-refractivity contribution is -0.132. The van der Waals surface area contributed by atoms with E-state index in [1.54, 1.807) is 36.5 Å². The number of phenols is 1.